The average Bonchev–Trinajstić information content (AvgIpc) is 2.55. The summed E-state index contributed by atoms with van der Waals surface area (Å²) in [6, 6.07) is 9.32. The smallest absolute Gasteiger partial charge is 0.244 e. The Labute approximate surface area is 144 Å². The van der Waals surface area contributed by atoms with Gasteiger partial charge in [-0.25, -0.2) is 17.2 Å². The van der Waals surface area contributed by atoms with Crippen LogP contribution in [0, 0.1) is 11.6 Å². The molecule has 0 saturated carbocycles. The van der Waals surface area contributed by atoms with Crippen LogP contribution in [0.15, 0.2) is 47.4 Å². The Morgan fingerprint density at radius 2 is 1.46 bits per heavy atom. The summed E-state index contributed by atoms with van der Waals surface area (Å²) < 4.78 is 52.7. The topological polar surface area (TPSA) is 40.6 Å². The van der Waals surface area contributed by atoms with Crippen molar-refractivity contribution in [2.45, 2.75) is 4.90 Å². The van der Waals surface area contributed by atoms with E-state index in [2.05, 4.69) is 0 Å². The van der Waals surface area contributed by atoms with Crippen molar-refractivity contribution in [2.24, 2.45) is 0 Å². The van der Waals surface area contributed by atoms with Crippen molar-refractivity contribution in [1.82, 2.24) is 4.31 Å². The molecule has 0 amide bonds. The molecule has 2 aromatic rings. The molecule has 0 spiro atoms. The third-order valence-corrected chi connectivity index (χ3v) is 6.32. The van der Waals surface area contributed by atoms with E-state index in [1.54, 1.807) is 12.1 Å². The first-order chi connectivity index (χ1) is 11.4. The van der Waals surface area contributed by atoms with Crippen molar-refractivity contribution in [2.75, 3.05) is 31.1 Å². The van der Waals surface area contributed by atoms with Crippen molar-refractivity contribution in [3.05, 3.63) is 59.1 Å². The van der Waals surface area contributed by atoms with Gasteiger partial charge in [-0.05, 0) is 42.5 Å². The lowest BCUT2D eigenvalue weighted by Gasteiger charge is -2.35. The van der Waals surface area contributed by atoms with Gasteiger partial charge < -0.3 is 4.90 Å². The van der Waals surface area contributed by atoms with Crippen molar-refractivity contribution in [1.29, 1.82) is 0 Å². The Balaban J connectivity index is 1.75. The van der Waals surface area contributed by atoms with Crippen LogP contribution in [-0.2, 0) is 10.0 Å². The fourth-order valence-electron chi connectivity index (χ4n) is 2.66. The predicted molar refractivity (Wildman–Crippen MR) is 88.8 cm³/mol. The van der Waals surface area contributed by atoms with Crippen molar-refractivity contribution in [3.63, 3.8) is 0 Å². The summed E-state index contributed by atoms with van der Waals surface area (Å²) in [6.45, 7) is 1.49. The second-order valence-electron chi connectivity index (χ2n) is 5.44. The van der Waals surface area contributed by atoms with Crippen LogP contribution in [0.1, 0.15) is 0 Å². The zero-order valence-electron chi connectivity index (χ0n) is 12.6. The minimum absolute atomic E-state index is 0.0965. The van der Waals surface area contributed by atoms with Crippen molar-refractivity contribution < 1.29 is 17.2 Å². The molecule has 1 aliphatic heterocycles. The van der Waals surface area contributed by atoms with Gasteiger partial charge in [0.1, 0.15) is 16.5 Å². The Kier molecular flexibility index (Phi) is 4.76. The number of benzene rings is 2. The van der Waals surface area contributed by atoms with E-state index < -0.39 is 15.8 Å². The minimum Gasteiger partial charge on any atom is -0.369 e. The van der Waals surface area contributed by atoms with Crippen LogP contribution in [0.2, 0.25) is 5.02 Å². The summed E-state index contributed by atoms with van der Waals surface area (Å²) in [4.78, 5) is 1.89. The van der Waals surface area contributed by atoms with Gasteiger partial charge in [0.2, 0.25) is 10.0 Å². The summed E-state index contributed by atoms with van der Waals surface area (Å²) in [7, 11) is -3.77. The highest BCUT2D eigenvalue weighted by Gasteiger charge is 2.30. The number of sulfonamides is 1. The van der Waals surface area contributed by atoms with Crippen LogP contribution in [0.5, 0.6) is 0 Å². The molecule has 0 bridgehead atoms. The maximum Gasteiger partial charge on any atom is 0.244 e. The second kappa shape index (κ2) is 6.66. The van der Waals surface area contributed by atoms with Crippen LogP contribution < -0.4 is 4.90 Å². The van der Waals surface area contributed by atoms with Gasteiger partial charge in [0.25, 0.3) is 0 Å². The molecule has 0 unspecified atom stereocenters. The van der Waals surface area contributed by atoms with E-state index in [0.29, 0.717) is 13.1 Å². The van der Waals surface area contributed by atoms with Gasteiger partial charge in [-0.1, -0.05) is 11.6 Å². The SMILES string of the molecule is O=S(=O)(c1ccc(F)cc1Cl)N1CCN(c2ccc(F)cc2)CC1. The summed E-state index contributed by atoms with van der Waals surface area (Å²) in [5.41, 5.74) is 0.841. The molecule has 1 heterocycles. The molecule has 4 nitrogen and oxygen atoms in total. The van der Waals surface area contributed by atoms with E-state index in [0.717, 1.165) is 17.8 Å². The molecule has 1 aliphatic rings. The molecule has 8 heteroatoms. The van der Waals surface area contributed by atoms with Crippen LogP contribution >= 0.6 is 11.6 Å². The lowest BCUT2D eigenvalue weighted by molar-refractivity contribution is 0.385. The molecule has 1 saturated heterocycles. The van der Waals surface area contributed by atoms with E-state index in [9.17, 15) is 17.2 Å². The maximum atomic E-state index is 13.1. The molecule has 0 atom stereocenters. The standard InChI is InChI=1S/C16H15ClF2N2O2S/c17-15-11-13(19)3-6-16(15)24(22,23)21-9-7-20(8-10-21)14-4-1-12(18)2-5-14/h1-6,11H,7-10H2. The van der Waals surface area contributed by atoms with E-state index >= 15 is 0 Å². The number of anilines is 1. The number of hydrogen-bond acceptors (Lipinski definition) is 3. The third-order valence-electron chi connectivity index (χ3n) is 3.94. The summed E-state index contributed by atoms with van der Waals surface area (Å²) in [5, 5.41) is -0.129. The highest BCUT2D eigenvalue weighted by atomic mass is 35.5. The number of hydrogen-bond donors (Lipinski definition) is 0. The molecule has 0 aromatic heterocycles. The van der Waals surface area contributed by atoms with Crippen LogP contribution in [-0.4, -0.2) is 38.9 Å². The van der Waals surface area contributed by atoms with Gasteiger partial charge in [0, 0.05) is 31.9 Å². The Hall–Kier alpha value is -1.70. The molecule has 0 aliphatic carbocycles. The average molecular weight is 373 g/mol. The lowest BCUT2D eigenvalue weighted by atomic mass is 10.2. The molecule has 128 valence electrons. The van der Waals surface area contributed by atoms with Gasteiger partial charge in [-0.2, -0.15) is 4.31 Å². The largest absolute Gasteiger partial charge is 0.369 e. The fourth-order valence-corrected chi connectivity index (χ4v) is 4.59. The summed E-state index contributed by atoms with van der Waals surface area (Å²) in [6.07, 6.45) is 0. The molecular formula is C16H15ClF2N2O2S. The van der Waals surface area contributed by atoms with Crippen LogP contribution in [0.25, 0.3) is 0 Å². The highest BCUT2D eigenvalue weighted by Crippen LogP contribution is 2.27. The highest BCUT2D eigenvalue weighted by molar-refractivity contribution is 7.89. The van der Waals surface area contributed by atoms with Crippen molar-refractivity contribution >= 4 is 27.3 Å². The molecule has 3 rings (SSSR count). The van der Waals surface area contributed by atoms with Gasteiger partial charge in [0.15, 0.2) is 0 Å². The maximum absolute atomic E-state index is 13.1. The predicted octanol–water partition coefficient (Wildman–Crippen LogP) is 3.13. The number of nitrogens with zero attached hydrogens (tertiary/aromatic N) is 2. The van der Waals surface area contributed by atoms with E-state index in [4.69, 9.17) is 11.6 Å². The van der Waals surface area contributed by atoms with Gasteiger partial charge in [0.05, 0.1) is 5.02 Å². The van der Waals surface area contributed by atoms with Crippen LogP contribution in [0.4, 0.5) is 14.5 Å². The number of piperazine rings is 1. The number of halogens is 3. The molecule has 24 heavy (non-hydrogen) atoms. The van der Waals surface area contributed by atoms with E-state index in [1.165, 1.54) is 22.5 Å². The zero-order chi connectivity index (χ0) is 17.3. The normalized spacial score (nSPS) is 16.4. The molecule has 1 fully saturated rings. The molecular weight excluding hydrogens is 358 g/mol. The Morgan fingerprint density at radius 3 is 2.04 bits per heavy atom. The lowest BCUT2D eigenvalue weighted by Crippen LogP contribution is -2.48. The summed E-state index contributed by atoms with van der Waals surface area (Å²) >= 11 is 5.88. The Bertz CT molecular complexity index is 836. The Morgan fingerprint density at radius 1 is 0.875 bits per heavy atom. The first kappa shape index (κ1) is 17.1. The quantitative estimate of drug-likeness (QED) is 0.831. The van der Waals surface area contributed by atoms with E-state index in [-0.39, 0.29) is 28.8 Å². The monoisotopic (exact) mass is 372 g/mol. The van der Waals surface area contributed by atoms with Gasteiger partial charge in [-0.3, -0.25) is 0 Å². The van der Waals surface area contributed by atoms with Crippen LogP contribution in [0.3, 0.4) is 0 Å². The molecule has 2 aromatic carbocycles. The van der Waals surface area contributed by atoms with Gasteiger partial charge in [-0.15, -0.1) is 0 Å². The minimum atomic E-state index is -3.77. The zero-order valence-corrected chi connectivity index (χ0v) is 14.2. The summed E-state index contributed by atoms with van der Waals surface area (Å²) in [5.74, 6) is -0.897. The first-order valence-corrected chi connectivity index (χ1v) is 9.15. The molecule has 0 radical (unpaired) electrons. The first-order valence-electron chi connectivity index (χ1n) is 7.33. The molecule has 0 N–H and O–H groups in total. The fraction of sp³-hybridized carbons (Fsp3) is 0.250. The number of rotatable bonds is 3. The van der Waals surface area contributed by atoms with Gasteiger partial charge >= 0.3 is 0 Å². The van der Waals surface area contributed by atoms with E-state index in [1.807, 2.05) is 4.90 Å². The third kappa shape index (κ3) is 3.38. The second-order valence-corrected chi connectivity index (χ2v) is 7.76. The van der Waals surface area contributed by atoms with Crippen molar-refractivity contribution in [3.8, 4) is 0 Å².